The average Bonchev–Trinajstić information content (AvgIpc) is 1.62. The molecule has 0 spiro atoms. The number of amides is 4. The van der Waals surface area contributed by atoms with Gasteiger partial charge in [-0.05, 0) is 176 Å². The molecule has 0 atom stereocenters. The van der Waals surface area contributed by atoms with E-state index in [0.29, 0.717) is 98.1 Å². The van der Waals surface area contributed by atoms with Crippen LogP contribution in [0.3, 0.4) is 0 Å². The maximum atomic E-state index is 12.2. The fourth-order valence-corrected chi connectivity index (χ4v) is 12.7. The number of aldehydes is 1. The van der Waals surface area contributed by atoms with Gasteiger partial charge in [0.05, 0.1) is 32.5 Å². The Morgan fingerprint density at radius 2 is 0.774 bits per heavy atom. The minimum atomic E-state index is -4.64. The molecule has 0 radical (unpaired) electrons. The van der Waals surface area contributed by atoms with E-state index in [-0.39, 0.29) is 133 Å². The van der Waals surface area contributed by atoms with Crippen molar-refractivity contribution in [3.05, 3.63) is 249 Å². The minimum Gasteiger partial charge on any atom is -0.870 e. The summed E-state index contributed by atoms with van der Waals surface area (Å²) < 4.78 is 83.1. The molecule has 0 fully saturated rings. The molecule has 648 valence electrons. The number of alkyl halides is 3. The number of nitrogens with one attached hydrogen (secondary N) is 4. The van der Waals surface area contributed by atoms with Gasteiger partial charge in [-0.3, -0.25) is 33.6 Å². The molecule has 0 saturated carbocycles. The molecule has 3 heterocycles. The predicted octanol–water partition coefficient (Wildman–Crippen LogP) is 12.7. The van der Waals surface area contributed by atoms with Crippen LogP contribution < -0.4 is 65.8 Å². The van der Waals surface area contributed by atoms with Crippen LogP contribution >= 0.6 is 0 Å². The number of carboxylic acid groups (broad SMARTS) is 1. The SMILES string of the molecule is CC(=O)Nc1ccc(CC(=O)O)c(OCc2cc(-c3cccc(CN)c3)c3oc(CO)cc3c2)c1.CCOC(=O)Cc1ccc(NC(C)=O)cc1OCc1cc(-c2cccc(CN)c2)c2oc(CO)cc2c1.CCOC(=O)Cc1ccc(NC(C)=O)cc1OCc1cc(-c2cccc(CNC(=O)OC(C)(C)C)c2)c2oc(CO)cc2c1.O=CC(F)(F)F.[Li+].[OH-]. The van der Waals surface area contributed by atoms with Gasteiger partial charge in [-0.2, -0.15) is 13.2 Å². The molecule has 0 aliphatic rings. The Morgan fingerprint density at radius 3 is 1.06 bits per heavy atom. The van der Waals surface area contributed by atoms with Crippen LogP contribution in [-0.2, 0) is 126 Å². The number of anilines is 3. The van der Waals surface area contributed by atoms with Gasteiger partial charge in [0.25, 0.3) is 0 Å². The normalized spacial score (nSPS) is 10.9. The van der Waals surface area contributed by atoms with Crippen molar-refractivity contribution in [3.8, 4) is 50.6 Å². The maximum absolute atomic E-state index is 12.2. The van der Waals surface area contributed by atoms with E-state index in [1.165, 1.54) is 20.8 Å². The van der Waals surface area contributed by atoms with Crippen LogP contribution in [0.25, 0.3) is 66.3 Å². The molecule has 9 aromatic carbocycles. The van der Waals surface area contributed by atoms with Gasteiger partial charge >= 0.3 is 49.0 Å². The monoisotopic (exact) mass is 1700 g/mol. The average molecular weight is 1700 g/mol. The maximum Gasteiger partial charge on any atom is 1.00 e. The molecule has 3 aromatic heterocycles. The zero-order chi connectivity index (χ0) is 88.4. The van der Waals surface area contributed by atoms with Crippen LogP contribution in [0.2, 0.25) is 0 Å². The topological polar surface area (TPSA) is 442 Å². The van der Waals surface area contributed by atoms with E-state index in [9.17, 15) is 67.2 Å². The number of ether oxygens (including phenoxy) is 6. The molecule has 12 aromatic rings. The van der Waals surface area contributed by atoms with Crippen molar-refractivity contribution in [3.63, 3.8) is 0 Å². The van der Waals surface area contributed by atoms with Crippen molar-refractivity contribution >= 4 is 98.0 Å². The van der Waals surface area contributed by atoms with Crippen molar-refractivity contribution < 1.29 is 138 Å². The third kappa shape index (κ3) is 29.3. The van der Waals surface area contributed by atoms with Crippen molar-refractivity contribution in [1.82, 2.24) is 5.32 Å². The van der Waals surface area contributed by atoms with Crippen molar-refractivity contribution in [2.75, 3.05) is 29.2 Å². The van der Waals surface area contributed by atoms with Gasteiger partial charge < -0.3 is 100 Å². The first-order valence-electron chi connectivity index (χ1n) is 38.6. The molecule has 0 aliphatic carbocycles. The number of aliphatic hydroxyl groups is 3. The van der Waals surface area contributed by atoms with E-state index in [0.717, 1.165) is 82.9 Å². The molecule has 0 saturated heterocycles. The smallest absolute Gasteiger partial charge is 0.870 e. The number of fused-ring (bicyclic) bond motifs is 3. The fraction of sp³-hybridized carbons (Fsp3) is 0.261. The summed E-state index contributed by atoms with van der Waals surface area (Å²) in [6.07, 6.45) is -6.37. The van der Waals surface area contributed by atoms with Gasteiger partial charge in [0, 0.05) is 125 Å². The first-order valence-corrected chi connectivity index (χ1v) is 38.6. The number of rotatable bonds is 30. The van der Waals surface area contributed by atoms with Gasteiger partial charge in [-0.1, -0.05) is 72.8 Å². The Hall–Kier alpha value is -13.1. The van der Waals surface area contributed by atoms with Crippen LogP contribution in [0.1, 0.15) is 123 Å². The molecule has 0 aliphatic heterocycles. The van der Waals surface area contributed by atoms with Crippen molar-refractivity contribution in [1.29, 1.82) is 0 Å². The second kappa shape index (κ2) is 46.2. The van der Waals surface area contributed by atoms with E-state index in [1.807, 2.05) is 109 Å². The number of aliphatic hydroxyl groups excluding tert-OH is 3. The summed E-state index contributed by atoms with van der Waals surface area (Å²) in [7, 11) is 0. The van der Waals surface area contributed by atoms with Crippen LogP contribution in [0.15, 0.2) is 195 Å². The van der Waals surface area contributed by atoms with E-state index >= 15 is 0 Å². The van der Waals surface area contributed by atoms with Crippen molar-refractivity contribution in [2.24, 2.45) is 11.5 Å². The van der Waals surface area contributed by atoms with Crippen molar-refractivity contribution in [2.45, 2.75) is 146 Å². The molecule has 0 unspecified atom stereocenters. The van der Waals surface area contributed by atoms with Gasteiger partial charge in [0.1, 0.15) is 96.5 Å². The minimum absolute atomic E-state index is 0. The summed E-state index contributed by atoms with van der Waals surface area (Å²) >= 11 is 0. The van der Waals surface area contributed by atoms with E-state index < -0.39 is 30.1 Å². The van der Waals surface area contributed by atoms with Crippen LogP contribution in [0.4, 0.5) is 35.0 Å². The quantitative estimate of drug-likeness (QED) is 0.00865. The molecule has 124 heavy (non-hydrogen) atoms. The number of hydrogen-bond acceptors (Lipinski definition) is 23. The number of hydrogen-bond donors (Lipinski definition) is 10. The number of halogens is 3. The van der Waals surface area contributed by atoms with Crippen LogP contribution in [-0.4, -0.2) is 98.9 Å². The van der Waals surface area contributed by atoms with Gasteiger partial charge in [0.2, 0.25) is 24.0 Å². The second-order valence-corrected chi connectivity index (χ2v) is 28.7. The zero-order valence-corrected chi connectivity index (χ0v) is 69.8. The van der Waals surface area contributed by atoms with E-state index in [2.05, 4.69) is 21.3 Å². The summed E-state index contributed by atoms with van der Waals surface area (Å²) in [6.45, 7) is 14.6. The number of alkyl carbamates (subject to hydrolysis) is 1. The van der Waals surface area contributed by atoms with Crippen LogP contribution in [0, 0.1) is 0 Å². The fourth-order valence-electron chi connectivity index (χ4n) is 12.7. The Labute approximate surface area is 723 Å². The summed E-state index contributed by atoms with van der Waals surface area (Å²) in [4.78, 5) is 91.3. The predicted molar refractivity (Wildman–Crippen MR) is 453 cm³/mol. The molecular formula is C92H96F3LiN6O22. The second-order valence-electron chi connectivity index (χ2n) is 28.7. The molecule has 12 rings (SSSR count). The summed E-state index contributed by atoms with van der Waals surface area (Å²) in [5, 5.41) is 51.6. The Kier molecular flexibility index (Phi) is 36.6. The van der Waals surface area contributed by atoms with E-state index in [4.69, 9.17) is 57.9 Å². The standard InChI is InChI=1S/C34H38N2O8.C29H30N2O6.C27H26N2O6.C2HF3O.Li.H2O/c1-6-41-31(39)16-25-10-11-27(36-21(2)38)17-30(25)42-20-23-13-26-15-28(19-37)43-32(26)29(14-23)24-9-7-8-22(12-24)18-35-33(40)44-34(3,4)5;1-3-35-28(34)13-22-7-8-24(31-18(2)33)14-27(22)36-17-20-10-23-12-25(16-32)37-29(23)26(11-20)21-6-4-5-19(9-21)15-30;1-16(31)29-22-6-5-20(11-26(32)33)25(12-22)34-15-18-8-21-10-23(14-30)35-27(21)24(9-18)19-4-2-3-17(7-19)13-28;3-2(4,5)1-6;;/h7-15,17,37H,6,16,18-20H2,1-5H3,(H,35,40)(H,36,38);4-12,14,32H,3,13,15-17,30H2,1-2H3,(H,31,33);2-10,12,30H,11,13-15,28H2,1H3,(H,29,31)(H,32,33);1H;;1H2/q;;;;+1;/p-1. The molecule has 28 nitrogen and oxygen atoms in total. The number of carboxylic acids is 1. The molecular weight excluding hydrogens is 1600 g/mol. The van der Waals surface area contributed by atoms with Gasteiger partial charge in [-0.15, -0.1) is 0 Å². The van der Waals surface area contributed by atoms with E-state index in [1.54, 1.807) is 107 Å². The molecule has 4 amide bonds. The first kappa shape index (κ1) is 98.0. The third-order valence-corrected chi connectivity index (χ3v) is 17.8. The number of aliphatic carboxylic acids is 1. The summed E-state index contributed by atoms with van der Waals surface area (Å²) in [6, 6.07) is 55.5. The Morgan fingerprint density at radius 1 is 0.452 bits per heavy atom. The molecule has 0 bridgehead atoms. The summed E-state index contributed by atoms with van der Waals surface area (Å²) in [5.41, 5.74) is 26.8. The largest absolute Gasteiger partial charge is 1.00 e. The number of carbonyl (C=O) groups is 8. The Balaban J connectivity index is 0.000000246. The Bertz CT molecular complexity index is 5740. The van der Waals surface area contributed by atoms with Gasteiger partial charge in [-0.25, -0.2) is 4.79 Å². The first-order chi connectivity index (χ1) is 58.2. The zero-order valence-electron chi connectivity index (χ0n) is 69.8. The third-order valence-electron chi connectivity index (χ3n) is 17.8. The van der Waals surface area contributed by atoms with Crippen LogP contribution in [0.5, 0.6) is 17.2 Å². The molecule has 32 heteroatoms. The number of benzene rings is 9. The summed E-state index contributed by atoms with van der Waals surface area (Å²) in [5.74, 6) is 0.185. The van der Waals surface area contributed by atoms with Gasteiger partial charge in [0.15, 0.2) is 0 Å². The number of carbonyl (C=O) groups excluding carboxylic acids is 7. The number of furan rings is 3. The number of nitrogens with two attached hydrogens (primary N) is 2. The number of esters is 2. The molecule has 13 N–H and O–H groups in total.